The van der Waals surface area contributed by atoms with E-state index in [1.807, 2.05) is 0 Å². The lowest BCUT2D eigenvalue weighted by atomic mass is 10.3. The molecule has 0 atom stereocenters. The van der Waals surface area contributed by atoms with Gasteiger partial charge >= 0.3 is 6.55 Å². The number of alkyl halides is 2. The van der Waals surface area contributed by atoms with E-state index in [1.165, 1.54) is 0 Å². The van der Waals surface area contributed by atoms with Crippen LogP contribution in [-0.4, -0.2) is 15.7 Å². The van der Waals surface area contributed by atoms with Crippen LogP contribution in [0.3, 0.4) is 0 Å². The lowest BCUT2D eigenvalue weighted by molar-refractivity contribution is 0.0565. The zero-order chi connectivity index (χ0) is 13.1. The monoisotopic (exact) mass is 319 g/mol. The molecule has 1 amide bonds. The molecule has 0 aliphatic carbocycles. The predicted molar refractivity (Wildman–Crippen MR) is 61.1 cm³/mol. The van der Waals surface area contributed by atoms with Gasteiger partial charge in [0.05, 0.1) is 18.3 Å². The second-order valence-electron chi connectivity index (χ2n) is 3.38. The lowest BCUT2D eigenvalue weighted by Crippen LogP contribution is -2.22. The van der Waals surface area contributed by atoms with Gasteiger partial charge in [-0.3, -0.25) is 4.79 Å². The third kappa shape index (κ3) is 2.95. The van der Waals surface area contributed by atoms with Crippen LogP contribution in [0.2, 0.25) is 0 Å². The summed E-state index contributed by atoms with van der Waals surface area (Å²) in [6, 6.07) is 3.38. The zero-order valence-corrected chi connectivity index (χ0v) is 10.5. The van der Waals surface area contributed by atoms with E-state index in [4.69, 9.17) is 4.42 Å². The first-order valence-electron chi connectivity index (χ1n) is 4.91. The van der Waals surface area contributed by atoms with E-state index in [1.54, 1.807) is 12.1 Å². The van der Waals surface area contributed by atoms with E-state index < -0.39 is 12.5 Å². The van der Waals surface area contributed by atoms with Gasteiger partial charge in [-0.05, 0) is 28.1 Å². The first kappa shape index (κ1) is 12.7. The van der Waals surface area contributed by atoms with Crippen LogP contribution < -0.4 is 5.32 Å². The van der Waals surface area contributed by atoms with Gasteiger partial charge in [-0.2, -0.15) is 13.9 Å². The molecule has 0 unspecified atom stereocenters. The number of carbonyl (C=O) groups is 1. The number of nitrogens with one attached hydrogen (secondary N) is 1. The molecule has 0 fully saturated rings. The largest absolute Gasteiger partial charge is 0.452 e. The maximum atomic E-state index is 12.2. The lowest BCUT2D eigenvalue weighted by Gasteiger charge is -2.00. The number of aromatic nitrogens is 2. The molecule has 0 saturated carbocycles. The number of nitrogens with zero attached hydrogens (tertiary/aromatic N) is 2. The van der Waals surface area contributed by atoms with Gasteiger partial charge in [-0.1, -0.05) is 0 Å². The third-order valence-electron chi connectivity index (χ3n) is 2.12. The number of hydrogen-bond acceptors (Lipinski definition) is 3. The maximum Gasteiger partial charge on any atom is 0.333 e. The molecule has 0 spiro atoms. The molecule has 8 heteroatoms. The highest BCUT2D eigenvalue weighted by Crippen LogP contribution is 2.14. The Hall–Kier alpha value is -1.70. The van der Waals surface area contributed by atoms with Crippen LogP contribution in [-0.2, 0) is 6.54 Å². The van der Waals surface area contributed by atoms with Gasteiger partial charge in [0.25, 0.3) is 5.91 Å². The molecule has 0 saturated heterocycles. The summed E-state index contributed by atoms with van der Waals surface area (Å²) < 4.78 is 30.6. The van der Waals surface area contributed by atoms with E-state index in [0.717, 1.165) is 12.4 Å². The van der Waals surface area contributed by atoms with Crippen molar-refractivity contribution in [2.45, 2.75) is 13.1 Å². The van der Waals surface area contributed by atoms with E-state index in [2.05, 4.69) is 26.3 Å². The van der Waals surface area contributed by atoms with Crippen LogP contribution in [0.4, 0.5) is 8.78 Å². The second-order valence-corrected chi connectivity index (χ2v) is 4.16. The van der Waals surface area contributed by atoms with Crippen molar-refractivity contribution in [3.05, 3.63) is 40.5 Å². The molecule has 0 aliphatic heterocycles. The van der Waals surface area contributed by atoms with Gasteiger partial charge in [0.15, 0.2) is 4.67 Å². The topological polar surface area (TPSA) is 60.1 Å². The standard InChI is InChI=1S/C10H8BrF2N3O2/c11-8-2-1-7(18-8)4-14-9(17)6-3-15-16(5-6)10(12)13/h1-3,5,10H,4H2,(H,14,17). The van der Waals surface area contributed by atoms with Crippen LogP contribution in [0.1, 0.15) is 22.7 Å². The Labute approximate surface area is 109 Å². The van der Waals surface area contributed by atoms with Crippen molar-refractivity contribution in [1.29, 1.82) is 0 Å². The van der Waals surface area contributed by atoms with Crippen molar-refractivity contribution in [1.82, 2.24) is 15.1 Å². The third-order valence-corrected chi connectivity index (χ3v) is 2.54. The van der Waals surface area contributed by atoms with E-state index in [-0.39, 0.29) is 12.1 Å². The molecule has 0 aliphatic rings. The summed E-state index contributed by atoms with van der Waals surface area (Å²) in [5, 5.41) is 5.90. The summed E-state index contributed by atoms with van der Waals surface area (Å²) in [4.78, 5) is 11.6. The summed E-state index contributed by atoms with van der Waals surface area (Å²) in [5.74, 6) is 0.0610. The molecule has 18 heavy (non-hydrogen) atoms. The van der Waals surface area contributed by atoms with Crippen molar-refractivity contribution in [3.63, 3.8) is 0 Å². The molecule has 0 radical (unpaired) electrons. The highest BCUT2D eigenvalue weighted by Gasteiger charge is 2.13. The molecular weight excluding hydrogens is 312 g/mol. The number of rotatable bonds is 4. The Kier molecular flexibility index (Phi) is 3.75. The van der Waals surface area contributed by atoms with Crippen molar-refractivity contribution in [3.8, 4) is 0 Å². The molecule has 2 heterocycles. The fourth-order valence-corrected chi connectivity index (χ4v) is 1.62. The number of carbonyl (C=O) groups excluding carboxylic acids is 1. The molecule has 0 aromatic carbocycles. The van der Waals surface area contributed by atoms with Crippen molar-refractivity contribution in [2.75, 3.05) is 0 Å². The highest BCUT2D eigenvalue weighted by atomic mass is 79.9. The molecule has 1 N–H and O–H groups in total. The van der Waals surface area contributed by atoms with Crippen LogP contribution in [0.15, 0.2) is 33.6 Å². The minimum atomic E-state index is -2.76. The number of furan rings is 1. The summed E-state index contributed by atoms with van der Waals surface area (Å²) >= 11 is 3.13. The number of hydrogen-bond donors (Lipinski definition) is 1. The van der Waals surface area contributed by atoms with Gasteiger partial charge in [0.1, 0.15) is 5.76 Å². The number of amides is 1. The van der Waals surface area contributed by atoms with Crippen molar-refractivity contribution >= 4 is 21.8 Å². The van der Waals surface area contributed by atoms with Gasteiger partial charge < -0.3 is 9.73 Å². The van der Waals surface area contributed by atoms with Crippen molar-refractivity contribution < 1.29 is 18.0 Å². The smallest absolute Gasteiger partial charge is 0.333 e. The molecule has 5 nitrogen and oxygen atoms in total. The zero-order valence-electron chi connectivity index (χ0n) is 8.94. The van der Waals surface area contributed by atoms with Crippen LogP contribution in [0.5, 0.6) is 0 Å². The molecule has 0 bridgehead atoms. The Morgan fingerprint density at radius 2 is 2.33 bits per heavy atom. The van der Waals surface area contributed by atoms with E-state index in [0.29, 0.717) is 15.1 Å². The van der Waals surface area contributed by atoms with Crippen molar-refractivity contribution in [2.24, 2.45) is 0 Å². The van der Waals surface area contributed by atoms with E-state index >= 15 is 0 Å². The quantitative estimate of drug-likeness (QED) is 0.942. The highest BCUT2D eigenvalue weighted by molar-refractivity contribution is 9.10. The summed E-state index contributed by atoms with van der Waals surface area (Å²) in [6.45, 7) is -2.59. The van der Waals surface area contributed by atoms with Gasteiger partial charge in [-0.25, -0.2) is 4.68 Å². The van der Waals surface area contributed by atoms with E-state index in [9.17, 15) is 13.6 Å². The molecule has 2 aromatic heterocycles. The molecule has 96 valence electrons. The summed E-state index contributed by atoms with van der Waals surface area (Å²) in [6.07, 6.45) is 2.07. The number of halogens is 3. The Bertz CT molecular complexity index is 553. The summed E-state index contributed by atoms with van der Waals surface area (Å²) in [5.41, 5.74) is 0.0703. The predicted octanol–water partition coefficient (Wildman–Crippen LogP) is 2.56. The Morgan fingerprint density at radius 3 is 2.89 bits per heavy atom. The first-order valence-corrected chi connectivity index (χ1v) is 5.70. The maximum absolute atomic E-state index is 12.2. The fourth-order valence-electron chi connectivity index (χ4n) is 1.28. The van der Waals surface area contributed by atoms with Crippen LogP contribution in [0, 0.1) is 0 Å². The fraction of sp³-hybridized carbons (Fsp3) is 0.200. The van der Waals surface area contributed by atoms with Gasteiger partial charge in [0.2, 0.25) is 0 Å². The minimum absolute atomic E-state index is 0.0703. The Morgan fingerprint density at radius 1 is 1.56 bits per heavy atom. The molecule has 2 aromatic rings. The van der Waals surface area contributed by atoms with Gasteiger partial charge in [-0.15, -0.1) is 0 Å². The normalized spacial score (nSPS) is 10.9. The minimum Gasteiger partial charge on any atom is -0.452 e. The SMILES string of the molecule is O=C(NCc1ccc(Br)o1)c1cnn(C(F)F)c1. The molecule has 2 rings (SSSR count). The average Bonchev–Trinajstić information content (AvgIpc) is 2.94. The van der Waals surface area contributed by atoms with Gasteiger partial charge in [0, 0.05) is 6.20 Å². The summed E-state index contributed by atoms with van der Waals surface area (Å²) in [7, 11) is 0. The Balaban J connectivity index is 1.95. The molecular formula is C10H8BrF2N3O2. The second kappa shape index (κ2) is 5.30. The van der Waals surface area contributed by atoms with Crippen LogP contribution >= 0.6 is 15.9 Å². The van der Waals surface area contributed by atoms with Crippen LogP contribution in [0.25, 0.3) is 0 Å². The average molecular weight is 320 g/mol. The first-order chi connectivity index (χ1) is 8.56.